The molecule has 1 fully saturated rings. The minimum Gasteiger partial charge on any atom is -0.465 e. The van der Waals surface area contributed by atoms with Crippen molar-refractivity contribution in [2.45, 2.75) is 37.0 Å². The Labute approximate surface area is 160 Å². The van der Waals surface area contributed by atoms with Gasteiger partial charge < -0.3 is 4.74 Å². The van der Waals surface area contributed by atoms with Gasteiger partial charge in [0.25, 0.3) is 0 Å². The zero-order valence-electron chi connectivity index (χ0n) is 14.6. The van der Waals surface area contributed by atoms with Gasteiger partial charge in [0.2, 0.25) is 10.0 Å². The molecule has 142 valence electrons. The number of hydrogen-bond acceptors (Lipinski definition) is 4. The monoisotopic (exact) mass is 397 g/mol. The standard InChI is InChI=1S/C19H24ClNO4S/c20-17-6-8-18(9-7-17)26(23,24)21-12-10-16(11-13-21)19(22)25-14-15-4-2-1-3-5-15/h1-2,6-9,15-16H,3-5,10-14H2. The molecule has 0 spiro atoms. The molecule has 5 nitrogen and oxygen atoms in total. The third-order valence-corrected chi connectivity index (χ3v) is 7.24. The summed E-state index contributed by atoms with van der Waals surface area (Å²) in [6.45, 7) is 1.13. The maximum absolute atomic E-state index is 12.7. The van der Waals surface area contributed by atoms with Crippen LogP contribution in [0.2, 0.25) is 5.02 Å². The lowest BCUT2D eigenvalue weighted by molar-refractivity contribution is -0.151. The van der Waals surface area contributed by atoms with Crippen LogP contribution in [0, 0.1) is 11.8 Å². The Morgan fingerprint density at radius 2 is 1.81 bits per heavy atom. The van der Waals surface area contributed by atoms with Crippen molar-refractivity contribution in [3.05, 3.63) is 41.4 Å². The summed E-state index contributed by atoms with van der Waals surface area (Å²) in [6.07, 6.45) is 8.36. The molecule has 0 bridgehead atoms. The van der Waals surface area contributed by atoms with Crippen molar-refractivity contribution in [2.75, 3.05) is 19.7 Å². The molecule has 0 radical (unpaired) electrons. The number of halogens is 1. The van der Waals surface area contributed by atoms with Gasteiger partial charge in [-0.2, -0.15) is 4.31 Å². The maximum atomic E-state index is 12.7. The second-order valence-corrected chi connectivity index (χ2v) is 9.29. The van der Waals surface area contributed by atoms with Gasteiger partial charge in [-0.15, -0.1) is 0 Å². The molecule has 0 aromatic heterocycles. The van der Waals surface area contributed by atoms with Gasteiger partial charge in [0.1, 0.15) is 0 Å². The van der Waals surface area contributed by atoms with Crippen LogP contribution in [0.15, 0.2) is 41.3 Å². The Kier molecular flexibility index (Phi) is 6.37. The van der Waals surface area contributed by atoms with Crippen LogP contribution in [0.3, 0.4) is 0 Å². The molecule has 1 aliphatic heterocycles. The van der Waals surface area contributed by atoms with Crippen LogP contribution in [-0.4, -0.2) is 38.4 Å². The van der Waals surface area contributed by atoms with Gasteiger partial charge in [-0.1, -0.05) is 23.8 Å². The molecule has 1 saturated heterocycles. The molecule has 0 saturated carbocycles. The summed E-state index contributed by atoms with van der Waals surface area (Å²) in [7, 11) is -3.54. The highest BCUT2D eigenvalue weighted by molar-refractivity contribution is 7.89. The van der Waals surface area contributed by atoms with Gasteiger partial charge in [0.15, 0.2) is 0 Å². The number of rotatable bonds is 5. The Balaban J connectivity index is 1.51. The number of allylic oxidation sites excluding steroid dienone is 2. The number of hydrogen-bond donors (Lipinski definition) is 0. The SMILES string of the molecule is O=C(OCC1CC=CCC1)C1CCN(S(=O)(=O)c2ccc(Cl)cc2)CC1. The highest BCUT2D eigenvalue weighted by Gasteiger charge is 2.33. The second kappa shape index (κ2) is 8.55. The number of carbonyl (C=O) groups excluding carboxylic acids is 1. The predicted molar refractivity (Wildman–Crippen MR) is 100 cm³/mol. The summed E-state index contributed by atoms with van der Waals surface area (Å²) >= 11 is 5.82. The largest absolute Gasteiger partial charge is 0.465 e. The molecule has 0 amide bonds. The first-order valence-electron chi connectivity index (χ1n) is 9.04. The second-order valence-electron chi connectivity index (χ2n) is 6.91. The van der Waals surface area contributed by atoms with Gasteiger partial charge in [0.05, 0.1) is 17.4 Å². The summed E-state index contributed by atoms with van der Waals surface area (Å²) in [5, 5.41) is 0.499. The van der Waals surface area contributed by atoms with Crippen LogP contribution in [0.25, 0.3) is 0 Å². The predicted octanol–water partition coefficient (Wildman–Crippen LogP) is 3.64. The number of esters is 1. The third-order valence-electron chi connectivity index (χ3n) is 5.08. The van der Waals surface area contributed by atoms with Crippen LogP contribution < -0.4 is 0 Å². The number of carbonyl (C=O) groups is 1. The van der Waals surface area contributed by atoms with E-state index in [2.05, 4.69) is 12.2 Å². The van der Waals surface area contributed by atoms with Crippen molar-refractivity contribution in [3.8, 4) is 0 Å². The molecule has 1 heterocycles. The van der Waals surface area contributed by atoms with Crippen molar-refractivity contribution in [1.82, 2.24) is 4.31 Å². The van der Waals surface area contributed by atoms with E-state index in [1.54, 1.807) is 12.1 Å². The molecule has 26 heavy (non-hydrogen) atoms. The van der Waals surface area contributed by atoms with Crippen LogP contribution in [-0.2, 0) is 19.6 Å². The molecule has 1 aromatic carbocycles. The normalized spacial score (nSPS) is 22.3. The first kappa shape index (κ1) is 19.4. The van der Waals surface area contributed by atoms with Gasteiger partial charge in [-0.3, -0.25) is 4.79 Å². The smallest absolute Gasteiger partial charge is 0.309 e. The zero-order valence-corrected chi connectivity index (χ0v) is 16.2. The molecule has 7 heteroatoms. The summed E-state index contributed by atoms with van der Waals surface area (Å²) < 4.78 is 32.3. The number of ether oxygens (including phenoxy) is 1. The van der Waals surface area contributed by atoms with E-state index in [0.717, 1.165) is 19.3 Å². The van der Waals surface area contributed by atoms with E-state index >= 15 is 0 Å². The van der Waals surface area contributed by atoms with E-state index in [4.69, 9.17) is 16.3 Å². The molecule has 2 aliphatic rings. The first-order valence-corrected chi connectivity index (χ1v) is 10.9. The van der Waals surface area contributed by atoms with Crippen LogP contribution >= 0.6 is 11.6 Å². The summed E-state index contributed by atoms with van der Waals surface area (Å²) in [4.78, 5) is 12.5. The van der Waals surface area contributed by atoms with Crippen molar-refractivity contribution in [2.24, 2.45) is 11.8 Å². The van der Waals surface area contributed by atoms with E-state index < -0.39 is 10.0 Å². The van der Waals surface area contributed by atoms with Gasteiger partial charge in [-0.25, -0.2) is 8.42 Å². The van der Waals surface area contributed by atoms with Crippen LogP contribution in [0.5, 0.6) is 0 Å². The quantitative estimate of drug-likeness (QED) is 0.562. The minimum absolute atomic E-state index is 0.192. The molecular weight excluding hydrogens is 374 g/mol. The lowest BCUT2D eigenvalue weighted by Gasteiger charge is -2.30. The van der Waals surface area contributed by atoms with E-state index in [0.29, 0.717) is 43.5 Å². The van der Waals surface area contributed by atoms with Gasteiger partial charge in [-0.05, 0) is 62.3 Å². The van der Waals surface area contributed by atoms with E-state index in [9.17, 15) is 13.2 Å². The lowest BCUT2D eigenvalue weighted by atomic mass is 9.95. The fraction of sp³-hybridized carbons (Fsp3) is 0.526. The van der Waals surface area contributed by atoms with Crippen LogP contribution in [0.1, 0.15) is 32.1 Å². The molecule has 1 aliphatic carbocycles. The Morgan fingerprint density at radius 1 is 1.12 bits per heavy atom. The summed E-state index contributed by atoms with van der Waals surface area (Å²) in [5.74, 6) is 0.00298. The molecule has 1 atom stereocenters. The topological polar surface area (TPSA) is 63.7 Å². The fourth-order valence-electron chi connectivity index (χ4n) is 3.41. The number of sulfonamides is 1. The first-order chi connectivity index (χ1) is 12.5. The van der Waals surface area contributed by atoms with Crippen LogP contribution in [0.4, 0.5) is 0 Å². The zero-order chi connectivity index (χ0) is 18.6. The highest BCUT2D eigenvalue weighted by atomic mass is 35.5. The Morgan fingerprint density at radius 3 is 2.42 bits per heavy atom. The number of nitrogens with zero attached hydrogens (tertiary/aromatic N) is 1. The minimum atomic E-state index is -3.54. The number of benzene rings is 1. The lowest BCUT2D eigenvalue weighted by Crippen LogP contribution is -2.40. The van der Waals surface area contributed by atoms with Crippen molar-refractivity contribution >= 4 is 27.6 Å². The molecule has 3 rings (SSSR count). The average Bonchev–Trinajstić information content (AvgIpc) is 2.67. The maximum Gasteiger partial charge on any atom is 0.309 e. The van der Waals surface area contributed by atoms with Crippen molar-refractivity contribution in [3.63, 3.8) is 0 Å². The molecule has 1 unspecified atom stereocenters. The van der Waals surface area contributed by atoms with Gasteiger partial charge in [0, 0.05) is 18.1 Å². The molecule has 0 N–H and O–H groups in total. The molecular formula is C19H24ClNO4S. The fourth-order valence-corrected chi connectivity index (χ4v) is 5.01. The van der Waals surface area contributed by atoms with Gasteiger partial charge >= 0.3 is 5.97 Å². The molecule has 1 aromatic rings. The number of piperidine rings is 1. The Hall–Kier alpha value is -1.37. The summed E-state index contributed by atoms with van der Waals surface area (Å²) in [6, 6.07) is 6.16. The van der Waals surface area contributed by atoms with E-state index in [-0.39, 0.29) is 16.8 Å². The Bertz CT molecular complexity index is 752. The van der Waals surface area contributed by atoms with Crippen molar-refractivity contribution in [1.29, 1.82) is 0 Å². The van der Waals surface area contributed by atoms with Crippen molar-refractivity contribution < 1.29 is 17.9 Å². The van der Waals surface area contributed by atoms with E-state index in [1.165, 1.54) is 16.4 Å². The van der Waals surface area contributed by atoms with E-state index in [1.807, 2.05) is 0 Å². The average molecular weight is 398 g/mol. The highest BCUT2D eigenvalue weighted by Crippen LogP contribution is 2.26. The summed E-state index contributed by atoms with van der Waals surface area (Å²) in [5.41, 5.74) is 0. The third kappa shape index (κ3) is 4.67.